The molecule has 0 radical (unpaired) electrons. The number of nitrogens with two attached hydrogens (primary N) is 1. The average Bonchev–Trinajstić information content (AvgIpc) is 2.83. The molecule has 0 aliphatic heterocycles. The van der Waals surface area contributed by atoms with Crippen LogP contribution in [0.4, 0.5) is 11.4 Å². The third kappa shape index (κ3) is 3.09. The van der Waals surface area contributed by atoms with Crippen molar-refractivity contribution in [2.45, 2.75) is 18.4 Å². The number of sulfonamides is 1. The lowest BCUT2D eigenvalue weighted by Gasteiger charge is -2.11. The van der Waals surface area contributed by atoms with Crippen molar-refractivity contribution in [2.24, 2.45) is 0 Å². The SMILES string of the molecule is CNS(=O)(=O)c1cc(N)ccc1NCc1ncc(C)o1. The van der Waals surface area contributed by atoms with Gasteiger partial charge in [0.2, 0.25) is 15.9 Å². The van der Waals surface area contributed by atoms with Crippen LogP contribution in [0.15, 0.2) is 33.7 Å². The van der Waals surface area contributed by atoms with E-state index in [9.17, 15) is 8.42 Å². The molecule has 0 aliphatic rings. The van der Waals surface area contributed by atoms with E-state index < -0.39 is 10.0 Å². The molecule has 2 rings (SSSR count). The number of nitrogen functional groups attached to an aromatic ring is 1. The Morgan fingerprint density at radius 3 is 2.75 bits per heavy atom. The number of rotatable bonds is 5. The first-order valence-electron chi connectivity index (χ1n) is 5.90. The summed E-state index contributed by atoms with van der Waals surface area (Å²) in [5.41, 5.74) is 6.44. The summed E-state index contributed by atoms with van der Waals surface area (Å²) in [6.07, 6.45) is 1.60. The molecule has 0 atom stereocenters. The molecule has 0 spiro atoms. The Bertz CT molecular complexity index is 709. The van der Waals surface area contributed by atoms with Gasteiger partial charge in [-0.05, 0) is 32.2 Å². The van der Waals surface area contributed by atoms with Gasteiger partial charge in [0.1, 0.15) is 10.7 Å². The lowest BCUT2D eigenvalue weighted by Crippen LogP contribution is -2.20. The van der Waals surface area contributed by atoms with Crippen molar-refractivity contribution in [3.8, 4) is 0 Å². The Balaban J connectivity index is 2.27. The number of hydrogen-bond donors (Lipinski definition) is 3. The van der Waals surface area contributed by atoms with E-state index in [2.05, 4.69) is 15.0 Å². The van der Waals surface area contributed by atoms with Crippen LogP contribution < -0.4 is 15.8 Å². The molecule has 1 heterocycles. The fourth-order valence-electron chi connectivity index (χ4n) is 1.67. The Morgan fingerprint density at radius 2 is 2.15 bits per heavy atom. The number of anilines is 2. The monoisotopic (exact) mass is 296 g/mol. The van der Waals surface area contributed by atoms with Gasteiger partial charge in [-0.3, -0.25) is 0 Å². The van der Waals surface area contributed by atoms with E-state index in [0.717, 1.165) is 0 Å². The third-order valence-electron chi connectivity index (χ3n) is 2.66. The lowest BCUT2D eigenvalue weighted by molar-refractivity contribution is 0.479. The first-order chi connectivity index (χ1) is 9.42. The maximum atomic E-state index is 11.9. The molecule has 1 aromatic carbocycles. The Morgan fingerprint density at radius 1 is 1.40 bits per heavy atom. The number of nitrogens with zero attached hydrogens (tertiary/aromatic N) is 1. The molecule has 0 saturated carbocycles. The van der Waals surface area contributed by atoms with Gasteiger partial charge in [-0.2, -0.15) is 0 Å². The first kappa shape index (κ1) is 14.4. The quantitative estimate of drug-likeness (QED) is 0.712. The molecular formula is C12H16N4O3S. The van der Waals surface area contributed by atoms with Crippen molar-refractivity contribution in [3.05, 3.63) is 36.0 Å². The van der Waals surface area contributed by atoms with E-state index in [1.807, 2.05) is 0 Å². The van der Waals surface area contributed by atoms with Crippen molar-refractivity contribution < 1.29 is 12.8 Å². The minimum atomic E-state index is -3.59. The van der Waals surface area contributed by atoms with Gasteiger partial charge in [-0.1, -0.05) is 0 Å². The molecule has 0 amide bonds. The summed E-state index contributed by atoms with van der Waals surface area (Å²) >= 11 is 0. The summed E-state index contributed by atoms with van der Waals surface area (Å²) in [5.74, 6) is 1.18. The second kappa shape index (κ2) is 5.51. The van der Waals surface area contributed by atoms with E-state index in [-0.39, 0.29) is 11.4 Å². The summed E-state index contributed by atoms with van der Waals surface area (Å²) in [7, 11) is -2.25. The molecule has 0 saturated heterocycles. The van der Waals surface area contributed by atoms with Gasteiger partial charge in [0.05, 0.1) is 18.4 Å². The number of hydrogen-bond acceptors (Lipinski definition) is 6. The van der Waals surface area contributed by atoms with E-state index in [1.165, 1.54) is 13.1 Å². The zero-order chi connectivity index (χ0) is 14.8. The number of aryl methyl sites for hydroxylation is 1. The molecule has 0 unspecified atom stereocenters. The second-order valence-corrected chi connectivity index (χ2v) is 6.04. The van der Waals surface area contributed by atoms with Crippen molar-refractivity contribution in [1.82, 2.24) is 9.71 Å². The summed E-state index contributed by atoms with van der Waals surface area (Å²) in [5, 5.41) is 2.98. The van der Waals surface area contributed by atoms with E-state index >= 15 is 0 Å². The minimum absolute atomic E-state index is 0.0864. The summed E-state index contributed by atoms with van der Waals surface area (Å²) in [6, 6.07) is 4.63. The van der Waals surface area contributed by atoms with Crippen LogP contribution in [0.5, 0.6) is 0 Å². The van der Waals surface area contributed by atoms with Gasteiger partial charge < -0.3 is 15.5 Å². The number of benzene rings is 1. The van der Waals surface area contributed by atoms with Crippen LogP contribution in [0.2, 0.25) is 0 Å². The molecule has 1 aromatic heterocycles. The predicted molar refractivity (Wildman–Crippen MR) is 75.7 cm³/mol. The van der Waals surface area contributed by atoms with Crippen LogP contribution in [0.1, 0.15) is 11.7 Å². The van der Waals surface area contributed by atoms with Crippen molar-refractivity contribution in [1.29, 1.82) is 0 Å². The lowest BCUT2D eigenvalue weighted by atomic mass is 10.3. The van der Waals surface area contributed by atoms with E-state index in [1.54, 1.807) is 25.3 Å². The predicted octanol–water partition coefficient (Wildman–Crippen LogP) is 1.09. The normalized spacial score (nSPS) is 11.5. The van der Waals surface area contributed by atoms with Gasteiger partial charge in [0.15, 0.2) is 0 Å². The molecule has 4 N–H and O–H groups in total. The maximum Gasteiger partial charge on any atom is 0.242 e. The molecule has 0 bridgehead atoms. The van der Waals surface area contributed by atoms with Crippen LogP contribution in [-0.4, -0.2) is 20.4 Å². The number of aromatic nitrogens is 1. The number of oxazole rings is 1. The molecule has 2 aromatic rings. The molecule has 8 heteroatoms. The summed E-state index contributed by atoms with van der Waals surface area (Å²) in [6.45, 7) is 2.07. The Kier molecular flexibility index (Phi) is 3.96. The fraction of sp³-hybridized carbons (Fsp3) is 0.250. The Labute approximate surface area is 117 Å². The van der Waals surface area contributed by atoms with Crippen LogP contribution >= 0.6 is 0 Å². The minimum Gasteiger partial charge on any atom is -0.444 e. The molecule has 108 valence electrons. The van der Waals surface area contributed by atoms with Gasteiger partial charge in [-0.25, -0.2) is 18.1 Å². The van der Waals surface area contributed by atoms with Gasteiger partial charge in [0.25, 0.3) is 0 Å². The third-order valence-corrected chi connectivity index (χ3v) is 4.12. The van der Waals surface area contributed by atoms with Gasteiger partial charge in [0, 0.05) is 5.69 Å². The highest BCUT2D eigenvalue weighted by atomic mass is 32.2. The topological polar surface area (TPSA) is 110 Å². The standard InChI is InChI=1S/C12H16N4O3S/c1-8-6-16-12(19-8)7-15-10-4-3-9(13)5-11(10)20(17,18)14-2/h3-6,14-15H,7,13H2,1-2H3. The molecular weight excluding hydrogens is 280 g/mol. The smallest absolute Gasteiger partial charge is 0.242 e. The van der Waals surface area contributed by atoms with Crippen LogP contribution in [-0.2, 0) is 16.6 Å². The van der Waals surface area contributed by atoms with Gasteiger partial charge >= 0.3 is 0 Å². The van der Waals surface area contributed by atoms with Gasteiger partial charge in [-0.15, -0.1) is 0 Å². The molecule has 0 fully saturated rings. The zero-order valence-corrected chi connectivity index (χ0v) is 12.0. The second-order valence-electron chi connectivity index (χ2n) is 4.18. The number of nitrogens with one attached hydrogen (secondary N) is 2. The van der Waals surface area contributed by atoms with Crippen LogP contribution in [0, 0.1) is 6.92 Å². The van der Waals surface area contributed by atoms with Crippen LogP contribution in [0.25, 0.3) is 0 Å². The van der Waals surface area contributed by atoms with E-state index in [0.29, 0.717) is 23.0 Å². The average molecular weight is 296 g/mol. The van der Waals surface area contributed by atoms with Crippen molar-refractivity contribution in [3.63, 3.8) is 0 Å². The molecule has 0 aliphatic carbocycles. The Hall–Kier alpha value is -2.06. The molecule has 7 nitrogen and oxygen atoms in total. The highest BCUT2D eigenvalue weighted by Gasteiger charge is 2.17. The van der Waals surface area contributed by atoms with Crippen molar-refractivity contribution >= 4 is 21.4 Å². The molecule has 20 heavy (non-hydrogen) atoms. The largest absolute Gasteiger partial charge is 0.444 e. The fourth-order valence-corrected chi connectivity index (χ4v) is 2.61. The maximum absolute atomic E-state index is 11.9. The van der Waals surface area contributed by atoms with Crippen LogP contribution in [0.3, 0.4) is 0 Å². The summed E-state index contributed by atoms with van der Waals surface area (Å²) in [4.78, 5) is 4.13. The summed E-state index contributed by atoms with van der Waals surface area (Å²) < 4.78 is 31.5. The first-order valence-corrected chi connectivity index (χ1v) is 7.39. The highest BCUT2D eigenvalue weighted by molar-refractivity contribution is 7.89. The zero-order valence-electron chi connectivity index (χ0n) is 11.2. The highest BCUT2D eigenvalue weighted by Crippen LogP contribution is 2.24. The van der Waals surface area contributed by atoms with E-state index in [4.69, 9.17) is 10.2 Å². The van der Waals surface area contributed by atoms with Crippen molar-refractivity contribution in [2.75, 3.05) is 18.1 Å².